The zero-order chi connectivity index (χ0) is 18.5. The van der Waals surface area contributed by atoms with Gasteiger partial charge in [0.15, 0.2) is 5.76 Å². The summed E-state index contributed by atoms with van der Waals surface area (Å²) >= 11 is 0. The average Bonchev–Trinajstić information content (AvgIpc) is 3.22. The summed E-state index contributed by atoms with van der Waals surface area (Å²) in [5, 5.41) is 3.33. The highest BCUT2D eigenvalue weighted by Gasteiger charge is 2.27. The third kappa shape index (κ3) is 4.04. The molecule has 1 aliphatic heterocycles. The van der Waals surface area contributed by atoms with Gasteiger partial charge >= 0.3 is 0 Å². The maximum Gasteiger partial charge on any atom is 0.289 e. The molecule has 1 unspecified atom stereocenters. The Morgan fingerprint density at radius 3 is 2.38 bits per heavy atom. The number of hydrogen-bond donors (Lipinski definition) is 1. The molecule has 0 saturated carbocycles. The molecule has 0 spiro atoms. The molecule has 3 rings (SSSR count). The van der Waals surface area contributed by atoms with E-state index in [1.807, 2.05) is 6.07 Å². The lowest BCUT2D eigenvalue weighted by atomic mass is 10.2. The summed E-state index contributed by atoms with van der Waals surface area (Å²) in [4.78, 5) is 32.6. The predicted octanol–water partition coefficient (Wildman–Crippen LogP) is 2.48. The number of anilines is 1. The summed E-state index contributed by atoms with van der Waals surface area (Å²) in [6.07, 6.45) is 4.19. The van der Waals surface area contributed by atoms with Crippen LogP contribution in [0.1, 0.15) is 41.3 Å². The maximum atomic E-state index is 12.6. The van der Waals surface area contributed by atoms with Gasteiger partial charge in [0.1, 0.15) is 5.69 Å². The molecule has 7 nitrogen and oxygen atoms in total. The van der Waals surface area contributed by atoms with E-state index in [4.69, 9.17) is 4.42 Å². The lowest BCUT2D eigenvalue weighted by Gasteiger charge is -2.34. The Morgan fingerprint density at radius 1 is 1.15 bits per heavy atom. The molecule has 2 amide bonds. The summed E-state index contributed by atoms with van der Waals surface area (Å²) in [5.74, 6) is 0.0849. The van der Waals surface area contributed by atoms with E-state index in [0.717, 1.165) is 12.1 Å². The molecule has 3 heterocycles. The number of nitrogens with one attached hydrogen (secondary N) is 1. The van der Waals surface area contributed by atoms with Crippen LogP contribution in [0.15, 0.2) is 41.1 Å². The SMILES string of the molecule is CCC(C)Nc1ccc(C(=O)N2CCN(C(=O)c3ccco3)CC2)nc1. The molecular weight excluding hydrogens is 332 g/mol. The van der Waals surface area contributed by atoms with E-state index in [9.17, 15) is 9.59 Å². The van der Waals surface area contributed by atoms with Crippen LogP contribution in [0.2, 0.25) is 0 Å². The average molecular weight is 356 g/mol. The van der Waals surface area contributed by atoms with Crippen molar-refractivity contribution in [3.05, 3.63) is 48.2 Å². The van der Waals surface area contributed by atoms with E-state index < -0.39 is 0 Å². The first-order valence-electron chi connectivity index (χ1n) is 8.93. The Kier molecular flexibility index (Phi) is 5.55. The number of carbonyl (C=O) groups excluding carboxylic acids is 2. The highest BCUT2D eigenvalue weighted by Crippen LogP contribution is 2.13. The molecule has 0 aliphatic carbocycles. The second-order valence-corrected chi connectivity index (χ2v) is 6.45. The van der Waals surface area contributed by atoms with Gasteiger partial charge in [0.05, 0.1) is 18.1 Å². The summed E-state index contributed by atoms with van der Waals surface area (Å²) < 4.78 is 5.15. The quantitative estimate of drug-likeness (QED) is 0.890. The molecular formula is C19H24N4O3. The third-order valence-corrected chi connectivity index (χ3v) is 4.59. The third-order valence-electron chi connectivity index (χ3n) is 4.59. The zero-order valence-electron chi connectivity index (χ0n) is 15.1. The van der Waals surface area contributed by atoms with Crippen molar-refractivity contribution in [2.24, 2.45) is 0 Å². The van der Waals surface area contributed by atoms with Crippen LogP contribution < -0.4 is 5.32 Å². The van der Waals surface area contributed by atoms with Gasteiger partial charge in [0.2, 0.25) is 0 Å². The van der Waals surface area contributed by atoms with Gasteiger partial charge in [0, 0.05) is 32.2 Å². The van der Waals surface area contributed by atoms with Crippen LogP contribution in [0.4, 0.5) is 5.69 Å². The molecule has 138 valence electrons. The van der Waals surface area contributed by atoms with Crippen LogP contribution in [-0.2, 0) is 0 Å². The number of pyridine rings is 1. The number of furan rings is 1. The van der Waals surface area contributed by atoms with Gasteiger partial charge in [-0.15, -0.1) is 0 Å². The molecule has 1 aliphatic rings. The van der Waals surface area contributed by atoms with Crippen molar-refractivity contribution in [1.29, 1.82) is 0 Å². The number of aromatic nitrogens is 1. The number of rotatable bonds is 5. The summed E-state index contributed by atoms with van der Waals surface area (Å²) in [7, 11) is 0. The Bertz CT molecular complexity index is 735. The van der Waals surface area contributed by atoms with Crippen molar-refractivity contribution in [2.75, 3.05) is 31.5 Å². The molecule has 0 bridgehead atoms. The second kappa shape index (κ2) is 8.03. The van der Waals surface area contributed by atoms with Crippen LogP contribution in [0.25, 0.3) is 0 Å². The molecule has 0 radical (unpaired) electrons. The number of carbonyl (C=O) groups is 2. The van der Waals surface area contributed by atoms with Gasteiger partial charge in [-0.3, -0.25) is 9.59 Å². The fraction of sp³-hybridized carbons (Fsp3) is 0.421. The molecule has 2 aromatic rings. The van der Waals surface area contributed by atoms with Gasteiger partial charge in [-0.1, -0.05) is 6.92 Å². The molecule has 1 atom stereocenters. The fourth-order valence-corrected chi connectivity index (χ4v) is 2.82. The maximum absolute atomic E-state index is 12.6. The first kappa shape index (κ1) is 18.0. The van der Waals surface area contributed by atoms with E-state index in [2.05, 4.69) is 24.1 Å². The molecule has 0 aromatic carbocycles. The topological polar surface area (TPSA) is 78.7 Å². The molecule has 1 fully saturated rings. The largest absolute Gasteiger partial charge is 0.459 e. The lowest BCUT2D eigenvalue weighted by Crippen LogP contribution is -2.50. The molecule has 1 saturated heterocycles. The van der Waals surface area contributed by atoms with Crippen molar-refractivity contribution < 1.29 is 14.0 Å². The van der Waals surface area contributed by atoms with Crippen LogP contribution in [0.3, 0.4) is 0 Å². The van der Waals surface area contributed by atoms with Crippen LogP contribution in [0, 0.1) is 0 Å². The predicted molar refractivity (Wildman–Crippen MR) is 98.1 cm³/mol. The van der Waals surface area contributed by atoms with Gasteiger partial charge < -0.3 is 19.5 Å². The van der Waals surface area contributed by atoms with E-state index in [1.165, 1.54) is 6.26 Å². The van der Waals surface area contributed by atoms with Gasteiger partial charge in [-0.2, -0.15) is 0 Å². The number of amides is 2. The van der Waals surface area contributed by atoms with Crippen molar-refractivity contribution in [3.63, 3.8) is 0 Å². The van der Waals surface area contributed by atoms with Crippen LogP contribution in [0.5, 0.6) is 0 Å². The van der Waals surface area contributed by atoms with Gasteiger partial charge in [0.25, 0.3) is 11.8 Å². The normalized spacial score (nSPS) is 15.6. The summed E-state index contributed by atoms with van der Waals surface area (Å²) in [5.41, 5.74) is 1.33. The highest BCUT2D eigenvalue weighted by atomic mass is 16.3. The first-order chi connectivity index (χ1) is 12.6. The van der Waals surface area contributed by atoms with E-state index in [0.29, 0.717) is 43.7 Å². The standard InChI is InChI=1S/C19H24N4O3/c1-3-14(2)21-15-6-7-16(20-13-15)18(24)22-8-10-23(11-9-22)19(25)17-5-4-12-26-17/h4-7,12-14,21H,3,8-11H2,1-2H3. The molecule has 26 heavy (non-hydrogen) atoms. The van der Waals surface area contributed by atoms with Crippen molar-refractivity contribution >= 4 is 17.5 Å². The number of nitrogens with zero attached hydrogens (tertiary/aromatic N) is 3. The monoisotopic (exact) mass is 356 g/mol. The Morgan fingerprint density at radius 2 is 1.85 bits per heavy atom. The zero-order valence-corrected chi connectivity index (χ0v) is 15.1. The fourth-order valence-electron chi connectivity index (χ4n) is 2.82. The van der Waals surface area contributed by atoms with Crippen LogP contribution >= 0.6 is 0 Å². The summed E-state index contributed by atoms with van der Waals surface area (Å²) in [6.45, 7) is 6.15. The number of piperazine rings is 1. The molecule has 7 heteroatoms. The van der Waals surface area contributed by atoms with Crippen LogP contribution in [-0.4, -0.2) is 58.8 Å². The van der Waals surface area contributed by atoms with Gasteiger partial charge in [-0.25, -0.2) is 4.98 Å². The second-order valence-electron chi connectivity index (χ2n) is 6.45. The number of hydrogen-bond acceptors (Lipinski definition) is 5. The Labute approximate surface area is 153 Å². The lowest BCUT2D eigenvalue weighted by molar-refractivity contribution is 0.0515. The molecule has 1 N–H and O–H groups in total. The Balaban J connectivity index is 1.55. The van der Waals surface area contributed by atoms with Crippen molar-refractivity contribution in [3.8, 4) is 0 Å². The van der Waals surface area contributed by atoms with E-state index in [-0.39, 0.29) is 11.8 Å². The molecule has 2 aromatic heterocycles. The first-order valence-corrected chi connectivity index (χ1v) is 8.93. The van der Waals surface area contributed by atoms with Gasteiger partial charge in [-0.05, 0) is 37.6 Å². The minimum Gasteiger partial charge on any atom is -0.459 e. The highest BCUT2D eigenvalue weighted by molar-refractivity contribution is 5.93. The van der Waals surface area contributed by atoms with Crippen molar-refractivity contribution in [1.82, 2.24) is 14.8 Å². The van der Waals surface area contributed by atoms with Crippen molar-refractivity contribution in [2.45, 2.75) is 26.3 Å². The minimum absolute atomic E-state index is 0.106. The smallest absolute Gasteiger partial charge is 0.289 e. The minimum atomic E-state index is -0.138. The Hall–Kier alpha value is -2.83. The van der Waals surface area contributed by atoms with E-state index >= 15 is 0 Å². The van der Waals surface area contributed by atoms with E-state index in [1.54, 1.807) is 34.2 Å². The summed E-state index contributed by atoms with van der Waals surface area (Å²) in [6, 6.07) is 7.33.